The van der Waals surface area contributed by atoms with Crippen LogP contribution in [0.2, 0.25) is 0 Å². The summed E-state index contributed by atoms with van der Waals surface area (Å²) in [6.07, 6.45) is 0.973. The Kier molecular flexibility index (Phi) is 3.21. The second kappa shape index (κ2) is 5.35. The van der Waals surface area contributed by atoms with Crippen LogP contribution in [0.5, 0.6) is 5.75 Å². The second-order valence-electron chi connectivity index (χ2n) is 5.19. The fraction of sp³-hybridized carbons (Fsp3) is 0.0526. The molecule has 0 heterocycles. The third kappa shape index (κ3) is 2.34. The van der Waals surface area contributed by atoms with E-state index in [2.05, 4.69) is 66.7 Å². The topological polar surface area (TPSA) is 9.23 Å². The van der Waals surface area contributed by atoms with E-state index in [0.29, 0.717) is 8.81 Å². The highest BCUT2D eigenvalue weighted by molar-refractivity contribution is 7.42. The van der Waals surface area contributed by atoms with Crippen LogP contribution in [0.1, 0.15) is 11.1 Å². The van der Waals surface area contributed by atoms with E-state index in [9.17, 15) is 0 Å². The quantitative estimate of drug-likeness (QED) is 0.503. The van der Waals surface area contributed by atoms with Crippen LogP contribution in [-0.4, -0.2) is 0 Å². The summed E-state index contributed by atoms with van der Waals surface area (Å²) in [5.74, 6) is 1.02. The van der Waals surface area contributed by atoms with Crippen LogP contribution in [-0.2, 0) is 6.42 Å². The van der Waals surface area contributed by atoms with Crippen LogP contribution in [0.15, 0.2) is 72.8 Å². The van der Waals surface area contributed by atoms with Crippen LogP contribution in [0, 0.1) is 0 Å². The molecule has 0 radical (unpaired) electrons. The number of hydrogen-bond donors (Lipinski definition) is 0. The lowest BCUT2D eigenvalue weighted by molar-refractivity contribution is 0.631. The predicted molar refractivity (Wildman–Crippen MR) is 89.7 cm³/mol. The van der Waals surface area contributed by atoms with Gasteiger partial charge in [0.05, 0.1) is 0 Å². The molecule has 2 heteroatoms. The normalized spacial score (nSPS) is 12.4. The third-order valence-corrected chi connectivity index (χ3v) is 4.75. The lowest BCUT2D eigenvalue weighted by Crippen LogP contribution is -1.96. The highest BCUT2D eigenvalue weighted by Gasteiger charge is 2.21. The minimum absolute atomic E-state index is 0.352. The van der Waals surface area contributed by atoms with E-state index in [0.717, 1.165) is 12.2 Å². The van der Waals surface area contributed by atoms with E-state index in [1.807, 2.05) is 6.07 Å². The molecule has 0 saturated heterocycles. The minimum Gasteiger partial charge on any atom is -0.472 e. The van der Waals surface area contributed by atoms with Gasteiger partial charge in [-0.3, -0.25) is 0 Å². The zero-order valence-corrected chi connectivity index (χ0v) is 12.5. The largest absolute Gasteiger partial charge is 0.472 e. The van der Waals surface area contributed by atoms with Crippen LogP contribution in [0.25, 0.3) is 11.1 Å². The molecular weight excluding hydrogens is 275 g/mol. The average Bonchev–Trinajstić information content (AvgIpc) is 2.93. The fourth-order valence-electron chi connectivity index (χ4n) is 2.84. The van der Waals surface area contributed by atoms with Crippen molar-refractivity contribution in [3.8, 4) is 16.9 Å². The van der Waals surface area contributed by atoms with Crippen molar-refractivity contribution in [1.82, 2.24) is 0 Å². The van der Waals surface area contributed by atoms with Gasteiger partial charge in [-0.25, -0.2) is 0 Å². The third-order valence-electron chi connectivity index (χ3n) is 3.86. The molecule has 1 unspecified atom stereocenters. The van der Waals surface area contributed by atoms with Gasteiger partial charge in [0.25, 0.3) is 0 Å². The molecule has 0 N–H and O–H groups in total. The first-order chi connectivity index (χ1) is 10.4. The average molecular weight is 290 g/mol. The zero-order chi connectivity index (χ0) is 14.1. The molecule has 0 aliphatic heterocycles. The van der Waals surface area contributed by atoms with Gasteiger partial charge in [0.1, 0.15) is 14.6 Å². The molecule has 3 aromatic rings. The van der Waals surface area contributed by atoms with Crippen molar-refractivity contribution < 1.29 is 4.52 Å². The summed E-state index contributed by atoms with van der Waals surface area (Å²) in [6.45, 7) is 0. The van der Waals surface area contributed by atoms with Crippen LogP contribution in [0.3, 0.4) is 0 Å². The van der Waals surface area contributed by atoms with Gasteiger partial charge in [-0.2, -0.15) is 0 Å². The predicted octanol–water partition coefficient (Wildman–Crippen LogP) is 4.56. The molecule has 0 aromatic heterocycles. The van der Waals surface area contributed by atoms with E-state index in [4.69, 9.17) is 4.52 Å². The molecular formula is C19H15OP. The van der Waals surface area contributed by atoms with Gasteiger partial charge < -0.3 is 4.52 Å². The Labute approximate surface area is 126 Å². The van der Waals surface area contributed by atoms with Gasteiger partial charge in [-0.15, -0.1) is 0 Å². The summed E-state index contributed by atoms with van der Waals surface area (Å²) in [7, 11) is 0.352. The van der Waals surface area contributed by atoms with E-state index < -0.39 is 0 Å². The molecule has 3 aromatic carbocycles. The van der Waals surface area contributed by atoms with E-state index in [-0.39, 0.29) is 0 Å². The summed E-state index contributed by atoms with van der Waals surface area (Å²) in [5.41, 5.74) is 5.38. The van der Waals surface area contributed by atoms with Gasteiger partial charge in [-0.05, 0) is 22.8 Å². The van der Waals surface area contributed by atoms with Gasteiger partial charge >= 0.3 is 0 Å². The van der Waals surface area contributed by atoms with E-state index in [1.54, 1.807) is 0 Å². The molecule has 0 amide bonds. The number of hydrogen-bond acceptors (Lipinski definition) is 1. The number of benzene rings is 3. The molecule has 21 heavy (non-hydrogen) atoms. The Morgan fingerprint density at radius 3 is 2.38 bits per heavy atom. The van der Waals surface area contributed by atoms with Gasteiger partial charge in [0.2, 0.25) is 0 Å². The van der Waals surface area contributed by atoms with Gasteiger partial charge in [0.15, 0.2) is 0 Å². The Morgan fingerprint density at radius 1 is 0.714 bits per heavy atom. The maximum Gasteiger partial charge on any atom is 0.127 e. The summed E-state index contributed by atoms with van der Waals surface area (Å²) in [4.78, 5) is 0. The van der Waals surface area contributed by atoms with Crippen molar-refractivity contribution >= 4 is 14.1 Å². The zero-order valence-electron chi connectivity index (χ0n) is 11.5. The molecule has 0 bridgehead atoms. The van der Waals surface area contributed by atoms with E-state index in [1.165, 1.54) is 27.6 Å². The van der Waals surface area contributed by atoms with Crippen molar-refractivity contribution in [1.29, 1.82) is 0 Å². The Bertz CT molecular complexity index is 781. The molecule has 1 aliphatic carbocycles. The molecule has 4 rings (SSSR count). The summed E-state index contributed by atoms with van der Waals surface area (Å²) in [5, 5.41) is 1.23. The van der Waals surface area contributed by atoms with Gasteiger partial charge in [-0.1, -0.05) is 66.7 Å². The second-order valence-corrected chi connectivity index (χ2v) is 6.17. The maximum absolute atomic E-state index is 6.09. The maximum atomic E-state index is 6.09. The van der Waals surface area contributed by atoms with Crippen molar-refractivity contribution in [2.24, 2.45) is 0 Å². The smallest absolute Gasteiger partial charge is 0.127 e. The molecule has 0 fully saturated rings. The Morgan fingerprint density at radius 2 is 1.48 bits per heavy atom. The molecule has 1 atom stereocenters. The van der Waals surface area contributed by atoms with Crippen molar-refractivity contribution in [2.75, 3.05) is 0 Å². The highest BCUT2D eigenvalue weighted by atomic mass is 31.1. The molecule has 1 nitrogen and oxygen atoms in total. The number of fused-ring (bicyclic) bond motifs is 3. The van der Waals surface area contributed by atoms with Crippen LogP contribution in [0.4, 0.5) is 0 Å². The Hall–Kier alpha value is -2.11. The monoisotopic (exact) mass is 290 g/mol. The molecule has 102 valence electrons. The highest BCUT2D eigenvalue weighted by Crippen LogP contribution is 2.42. The number of rotatable bonds is 3. The van der Waals surface area contributed by atoms with Gasteiger partial charge in [0, 0.05) is 17.3 Å². The minimum atomic E-state index is 0.352. The van der Waals surface area contributed by atoms with Crippen molar-refractivity contribution in [2.45, 2.75) is 6.42 Å². The SMILES string of the molecule is c1ccc(POc2cccc3c2Cc2ccccc2-3)cc1. The van der Waals surface area contributed by atoms with E-state index >= 15 is 0 Å². The lowest BCUT2D eigenvalue weighted by atomic mass is 10.1. The first-order valence-electron chi connectivity index (χ1n) is 7.10. The summed E-state index contributed by atoms with van der Waals surface area (Å²) < 4.78 is 6.09. The molecule has 0 saturated carbocycles. The molecule has 0 spiro atoms. The van der Waals surface area contributed by atoms with Crippen molar-refractivity contribution in [3.05, 3.63) is 83.9 Å². The summed E-state index contributed by atoms with van der Waals surface area (Å²) >= 11 is 0. The van der Waals surface area contributed by atoms with Crippen LogP contribution < -0.4 is 9.83 Å². The first-order valence-corrected chi connectivity index (χ1v) is 8.01. The Balaban J connectivity index is 1.64. The van der Waals surface area contributed by atoms with Crippen molar-refractivity contribution in [3.63, 3.8) is 0 Å². The summed E-state index contributed by atoms with van der Waals surface area (Å²) in [6, 6.07) is 25.3. The lowest BCUT2D eigenvalue weighted by Gasteiger charge is -2.10. The first kappa shape index (κ1) is 12.6. The fourth-order valence-corrected chi connectivity index (χ4v) is 3.59. The van der Waals surface area contributed by atoms with Crippen LogP contribution >= 0.6 is 8.81 Å². The molecule has 1 aliphatic rings. The standard InChI is InChI=1S/C19H15OP/c1-2-8-15(9-3-1)21-20-19-12-6-11-17-16-10-5-4-7-14(16)13-18(17)19/h1-12,21H,13H2.